The molecule has 2 aliphatic rings. The highest BCUT2D eigenvalue weighted by Gasteiger charge is 2.30. The van der Waals surface area contributed by atoms with E-state index in [1.807, 2.05) is 22.9 Å². The van der Waals surface area contributed by atoms with Gasteiger partial charge in [0.25, 0.3) is 0 Å². The predicted molar refractivity (Wildman–Crippen MR) is 210 cm³/mol. The molecule has 0 saturated heterocycles. The highest BCUT2D eigenvalue weighted by molar-refractivity contribution is 7.88. The maximum absolute atomic E-state index is 12.0. The van der Waals surface area contributed by atoms with Crippen LogP contribution in [-0.4, -0.2) is 32.5 Å². The molecule has 51 heavy (non-hydrogen) atoms. The van der Waals surface area contributed by atoms with Crippen LogP contribution in [0.1, 0.15) is 52.9 Å². The predicted octanol–water partition coefficient (Wildman–Crippen LogP) is 11.5. The van der Waals surface area contributed by atoms with Crippen molar-refractivity contribution in [3.8, 4) is 32.5 Å². The largest absolute Gasteiger partial charge is 0.304 e. The van der Waals surface area contributed by atoms with E-state index < -0.39 is 10.1 Å². The lowest BCUT2D eigenvalue weighted by Gasteiger charge is -2.15. The number of thiophene rings is 2. The second-order valence-corrected chi connectivity index (χ2v) is 17.6. The van der Waals surface area contributed by atoms with E-state index in [0.717, 1.165) is 87.9 Å². The summed E-state index contributed by atoms with van der Waals surface area (Å²) in [6, 6.07) is 14.4. The zero-order chi connectivity index (χ0) is 35.4. The van der Waals surface area contributed by atoms with Gasteiger partial charge in [-0.2, -0.15) is 18.6 Å². The molecule has 4 heterocycles. The van der Waals surface area contributed by atoms with Crippen LogP contribution in [0.15, 0.2) is 70.3 Å². The first-order valence-electron chi connectivity index (χ1n) is 16.2. The molecule has 2 aliphatic carbocycles. The number of halogens is 4. The summed E-state index contributed by atoms with van der Waals surface area (Å²) in [5, 5.41) is 14.2. The molecule has 0 unspecified atom stereocenters. The van der Waals surface area contributed by atoms with Crippen molar-refractivity contribution in [1.29, 1.82) is 0 Å². The molecule has 260 valence electrons. The molecule has 2 aromatic carbocycles. The van der Waals surface area contributed by atoms with Crippen LogP contribution in [0.2, 0.25) is 20.1 Å². The Bertz CT molecular complexity index is 2510. The van der Waals surface area contributed by atoms with Crippen molar-refractivity contribution in [3.63, 3.8) is 0 Å². The lowest BCUT2D eigenvalue weighted by atomic mass is 9.94. The molecule has 1 N–H and O–H groups in total. The van der Waals surface area contributed by atoms with Crippen LogP contribution in [-0.2, 0) is 35.8 Å². The Morgan fingerprint density at radius 1 is 0.725 bits per heavy atom. The molecule has 6 aromatic rings. The number of hydrogen-bond acceptors (Lipinski definition) is 6. The maximum Gasteiger partial charge on any atom is 0.304 e. The molecule has 0 bridgehead atoms. The van der Waals surface area contributed by atoms with Crippen LogP contribution < -0.4 is 0 Å². The van der Waals surface area contributed by atoms with Crippen LogP contribution >= 0.6 is 69.1 Å². The molecule has 0 saturated carbocycles. The lowest BCUT2D eigenvalue weighted by Crippen LogP contribution is -2.05. The number of benzene rings is 2. The van der Waals surface area contributed by atoms with E-state index in [9.17, 15) is 13.0 Å². The smallest absolute Gasteiger partial charge is 0.281 e. The maximum atomic E-state index is 12.0. The van der Waals surface area contributed by atoms with Crippen molar-refractivity contribution in [2.45, 2.75) is 49.2 Å². The Kier molecular flexibility index (Phi) is 9.56. The van der Waals surface area contributed by atoms with Gasteiger partial charge < -0.3 is 0 Å². The van der Waals surface area contributed by atoms with Crippen LogP contribution in [0.3, 0.4) is 0 Å². The molecule has 8 rings (SSSR count). The summed E-state index contributed by atoms with van der Waals surface area (Å²) >= 11 is 28.4. The van der Waals surface area contributed by atoms with E-state index in [-0.39, 0.29) is 4.21 Å². The highest BCUT2D eigenvalue weighted by atomic mass is 35.5. The van der Waals surface area contributed by atoms with Crippen LogP contribution in [0.25, 0.3) is 44.7 Å². The zero-order valence-corrected chi connectivity index (χ0v) is 32.2. The standard InChI is InChI=1S/C37H28Cl4N4O3S3/c38-23-10-14-31(27(40)19-23)44-34-25(12-8-21-16-17-49-36(21)34)29(42-44)6-4-2-1-3-5-7-30-26-13-9-22-18-33(51(46,47)48)50-37(22)35(26)45(43-30)32-15-11-24(39)20-28(32)41/h4-7,10-11,14-20H,1-3,8-9,12-13H2,(H,46,47,48)/b6-4+,7-5+. The Labute approximate surface area is 323 Å². The van der Waals surface area contributed by atoms with Crippen LogP contribution in [0.5, 0.6) is 0 Å². The molecule has 7 nitrogen and oxygen atoms in total. The molecule has 0 atom stereocenters. The van der Waals surface area contributed by atoms with Crippen LogP contribution in [0, 0.1) is 0 Å². The first-order chi connectivity index (χ1) is 24.6. The van der Waals surface area contributed by atoms with Crippen molar-refractivity contribution in [2.24, 2.45) is 0 Å². The number of allylic oxidation sites excluding steroid dienone is 2. The van der Waals surface area contributed by atoms with Crippen molar-refractivity contribution >= 4 is 91.3 Å². The third-order valence-electron chi connectivity index (χ3n) is 9.10. The minimum absolute atomic E-state index is 0.0854. The van der Waals surface area contributed by atoms with E-state index in [4.69, 9.17) is 56.6 Å². The van der Waals surface area contributed by atoms with Crippen molar-refractivity contribution < 1.29 is 13.0 Å². The first kappa shape index (κ1) is 34.9. The average molecular weight is 815 g/mol. The number of hydrogen-bond donors (Lipinski definition) is 1. The van der Waals surface area contributed by atoms with Crippen LogP contribution in [0.4, 0.5) is 0 Å². The van der Waals surface area contributed by atoms with Gasteiger partial charge in [-0.25, -0.2) is 9.36 Å². The highest BCUT2D eigenvalue weighted by Crippen LogP contribution is 2.45. The molecule has 0 radical (unpaired) electrons. The fourth-order valence-corrected chi connectivity index (χ4v) is 10.7. The van der Waals surface area contributed by atoms with E-state index in [0.29, 0.717) is 38.6 Å². The molecular formula is C37H28Cl4N4O3S3. The molecule has 0 spiro atoms. The van der Waals surface area contributed by atoms with Crippen molar-refractivity contribution in [2.75, 3.05) is 0 Å². The molecule has 0 fully saturated rings. The number of nitrogens with zero attached hydrogens (tertiary/aromatic N) is 4. The third-order valence-corrected chi connectivity index (χ3v) is 13.6. The summed E-state index contributed by atoms with van der Waals surface area (Å²) in [5.74, 6) is 0. The van der Waals surface area contributed by atoms with Gasteiger partial charge in [0.05, 0.1) is 54.0 Å². The minimum atomic E-state index is -4.34. The Morgan fingerprint density at radius 2 is 1.27 bits per heavy atom. The quantitative estimate of drug-likeness (QED) is 0.116. The summed E-state index contributed by atoms with van der Waals surface area (Å²) in [4.78, 5) is 1.99. The summed E-state index contributed by atoms with van der Waals surface area (Å²) in [6.07, 6.45) is 14.3. The number of aryl methyl sites for hydroxylation is 2. The zero-order valence-electron chi connectivity index (χ0n) is 26.7. The molecule has 4 aromatic heterocycles. The van der Waals surface area contributed by atoms with Crippen molar-refractivity contribution in [3.05, 3.63) is 120 Å². The second kappa shape index (κ2) is 14.0. The van der Waals surface area contributed by atoms with Gasteiger partial charge in [0.2, 0.25) is 0 Å². The van der Waals surface area contributed by atoms with Gasteiger partial charge in [-0.3, -0.25) is 4.55 Å². The molecular weight excluding hydrogens is 786 g/mol. The topological polar surface area (TPSA) is 90.0 Å². The molecule has 0 amide bonds. The monoisotopic (exact) mass is 812 g/mol. The van der Waals surface area contributed by atoms with Gasteiger partial charge in [0.15, 0.2) is 0 Å². The summed E-state index contributed by atoms with van der Waals surface area (Å²) < 4.78 is 37.4. The van der Waals surface area contributed by atoms with Gasteiger partial charge in [0, 0.05) is 21.2 Å². The van der Waals surface area contributed by atoms with E-state index >= 15 is 0 Å². The SMILES string of the molecule is O=S(=O)(O)c1cc2c(s1)-c1c(c(/C=C/CCC/C=C/c3nn(-c4ccc(Cl)cc4Cl)c4c3CCc3ccsc3-4)nn1-c1ccc(Cl)cc1Cl)CC2. The second-order valence-electron chi connectivity index (χ2n) is 12.3. The summed E-state index contributed by atoms with van der Waals surface area (Å²) in [6.45, 7) is 0. The Hall–Kier alpha value is -3.19. The first-order valence-corrected chi connectivity index (χ1v) is 20.9. The fourth-order valence-electron chi connectivity index (χ4n) is 6.74. The number of rotatable bonds is 9. The number of aromatic nitrogens is 4. The average Bonchev–Trinajstić information content (AvgIpc) is 3.88. The molecule has 14 heteroatoms. The third kappa shape index (κ3) is 6.66. The fraction of sp³-hybridized carbons (Fsp3) is 0.189. The van der Waals surface area contributed by atoms with Crippen molar-refractivity contribution in [1.82, 2.24) is 19.6 Å². The van der Waals surface area contributed by atoms with E-state index in [2.05, 4.69) is 29.7 Å². The number of fused-ring (bicyclic) bond motifs is 6. The summed E-state index contributed by atoms with van der Waals surface area (Å²) in [7, 11) is -4.34. The van der Waals surface area contributed by atoms with Gasteiger partial charge in [-0.05, 0) is 122 Å². The summed E-state index contributed by atoms with van der Waals surface area (Å²) in [5.41, 5.74) is 9.49. The minimum Gasteiger partial charge on any atom is -0.281 e. The van der Waals surface area contributed by atoms with E-state index in [1.165, 1.54) is 16.0 Å². The van der Waals surface area contributed by atoms with Gasteiger partial charge in [-0.1, -0.05) is 58.6 Å². The van der Waals surface area contributed by atoms with Gasteiger partial charge in [0.1, 0.15) is 4.21 Å². The Morgan fingerprint density at radius 3 is 1.82 bits per heavy atom. The Balaban J connectivity index is 1.03. The van der Waals surface area contributed by atoms with Gasteiger partial charge >= 0.3 is 10.1 Å². The van der Waals surface area contributed by atoms with E-state index in [1.54, 1.807) is 46.4 Å². The lowest BCUT2D eigenvalue weighted by molar-refractivity contribution is 0.485. The molecule has 0 aliphatic heterocycles. The van der Waals surface area contributed by atoms with Gasteiger partial charge in [-0.15, -0.1) is 22.7 Å². The number of unbranched alkanes of at least 4 members (excludes halogenated alkanes) is 2. The normalized spacial score (nSPS) is 13.9.